The molecule has 0 spiro atoms. The predicted octanol–water partition coefficient (Wildman–Crippen LogP) is 4.72. The maximum atomic E-state index is 11.8. The molecule has 0 saturated carbocycles. The summed E-state index contributed by atoms with van der Waals surface area (Å²) >= 11 is 0. The molecule has 0 aliphatic carbocycles. The Kier molecular flexibility index (Phi) is 14.8. The third kappa shape index (κ3) is 14.5. The highest BCUT2D eigenvalue weighted by Gasteiger charge is 2.09. The first-order chi connectivity index (χ1) is 11.5. The van der Waals surface area contributed by atoms with E-state index in [4.69, 9.17) is 0 Å². The average molecular weight is 341 g/mol. The molecule has 0 radical (unpaired) electrons. The van der Waals surface area contributed by atoms with Gasteiger partial charge in [-0.15, -0.1) is 0 Å². The SMILES string of the molecule is CCCCCC(C)NC(=O)CCCCC(=O)NC(C)CCCCC. The van der Waals surface area contributed by atoms with Crippen LogP contribution in [-0.2, 0) is 9.59 Å². The van der Waals surface area contributed by atoms with E-state index in [1.807, 2.05) is 0 Å². The molecular formula is C20H40N2O2. The van der Waals surface area contributed by atoms with Gasteiger partial charge in [-0.1, -0.05) is 52.4 Å². The summed E-state index contributed by atoms with van der Waals surface area (Å²) < 4.78 is 0. The molecule has 4 nitrogen and oxygen atoms in total. The quantitative estimate of drug-likeness (QED) is 0.424. The fourth-order valence-corrected chi connectivity index (χ4v) is 2.81. The minimum atomic E-state index is 0.118. The van der Waals surface area contributed by atoms with E-state index >= 15 is 0 Å². The summed E-state index contributed by atoms with van der Waals surface area (Å²) in [5, 5.41) is 6.10. The maximum Gasteiger partial charge on any atom is 0.220 e. The van der Waals surface area contributed by atoms with E-state index in [0.29, 0.717) is 12.8 Å². The number of nitrogens with one attached hydrogen (secondary N) is 2. The van der Waals surface area contributed by atoms with Gasteiger partial charge in [-0.05, 0) is 39.5 Å². The lowest BCUT2D eigenvalue weighted by Gasteiger charge is -2.14. The minimum absolute atomic E-state index is 0.118. The van der Waals surface area contributed by atoms with Crippen molar-refractivity contribution in [2.24, 2.45) is 0 Å². The van der Waals surface area contributed by atoms with Crippen molar-refractivity contribution in [3.8, 4) is 0 Å². The van der Waals surface area contributed by atoms with Gasteiger partial charge in [0.1, 0.15) is 0 Å². The summed E-state index contributed by atoms with van der Waals surface area (Å²) in [6.07, 6.45) is 11.9. The summed E-state index contributed by atoms with van der Waals surface area (Å²) in [4.78, 5) is 23.7. The molecule has 142 valence electrons. The number of hydrogen-bond acceptors (Lipinski definition) is 2. The molecule has 0 saturated heterocycles. The smallest absolute Gasteiger partial charge is 0.220 e. The predicted molar refractivity (Wildman–Crippen MR) is 102 cm³/mol. The highest BCUT2D eigenvalue weighted by atomic mass is 16.2. The topological polar surface area (TPSA) is 58.2 Å². The summed E-state index contributed by atoms with van der Waals surface area (Å²) in [5.74, 6) is 0.236. The van der Waals surface area contributed by atoms with Gasteiger partial charge in [0.15, 0.2) is 0 Å². The normalized spacial score (nSPS) is 13.3. The average Bonchev–Trinajstić information content (AvgIpc) is 2.52. The van der Waals surface area contributed by atoms with Crippen LogP contribution in [0.4, 0.5) is 0 Å². The first-order valence-electron chi connectivity index (χ1n) is 10.1. The van der Waals surface area contributed by atoms with Crippen molar-refractivity contribution in [3.05, 3.63) is 0 Å². The minimum Gasteiger partial charge on any atom is -0.354 e. The Balaban J connectivity index is 3.62. The molecule has 2 unspecified atom stereocenters. The van der Waals surface area contributed by atoms with Crippen molar-refractivity contribution in [1.29, 1.82) is 0 Å². The van der Waals surface area contributed by atoms with Crippen LogP contribution in [0.25, 0.3) is 0 Å². The first kappa shape index (κ1) is 22.9. The van der Waals surface area contributed by atoms with Crippen molar-refractivity contribution in [2.45, 2.75) is 117 Å². The second-order valence-electron chi connectivity index (χ2n) is 7.14. The number of carbonyl (C=O) groups is 2. The van der Waals surface area contributed by atoms with E-state index < -0.39 is 0 Å². The zero-order chi connectivity index (χ0) is 18.2. The van der Waals surface area contributed by atoms with Gasteiger partial charge in [-0.25, -0.2) is 0 Å². The molecule has 4 heteroatoms. The van der Waals surface area contributed by atoms with Gasteiger partial charge in [-0.2, -0.15) is 0 Å². The lowest BCUT2D eigenvalue weighted by Crippen LogP contribution is -2.33. The van der Waals surface area contributed by atoms with Gasteiger partial charge in [0.05, 0.1) is 0 Å². The Labute approximate surface area is 149 Å². The molecule has 2 N–H and O–H groups in total. The largest absolute Gasteiger partial charge is 0.354 e. The number of unbranched alkanes of at least 4 members (excludes halogenated alkanes) is 5. The lowest BCUT2D eigenvalue weighted by atomic mass is 10.1. The zero-order valence-corrected chi connectivity index (χ0v) is 16.5. The molecule has 0 aromatic heterocycles. The van der Waals surface area contributed by atoms with Gasteiger partial charge in [-0.3, -0.25) is 9.59 Å². The van der Waals surface area contributed by atoms with E-state index in [-0.39, 0.29) is 23.9 Å². The van der Waals surface area contributed by atoms with E-state index in [1.54, 1.807) is 0 Å². The Bertz CT molecular complexity index is 300. The van der Waals surface area contributed by atoms with Crippen molar-refractivity contribution >= 4 is 11.8 Å². The van der Waals surface area contributed by atoms with Gasteiger partial charge in [0.25, 0.3) is 0 Å². The monoisotopic (exact) mass is 340 g/mol. The third-order valence-electron chi connectivity index (χ3n) is 4.35. The van der Waals surface area contributed by atoms with Crippen LogP contribution >= 0.6 is 0 Å². The molecule has 0 bridgehead atoms. The molecule has 2 atom stereocenters. The molecule has 0 heterocycles. The van der Waals surface area contributed by atoms with E-state index in [0.717, 1.165) is 25.7 Å². The standard InChI is InChI=1S/C20H40N2O2/c1-5-7-9-13-17(3)21-19(23)15-11-12-16-20(24)22-18(4)14-10-8-6-2/h17-18H,5-16H2,1-4H3,(H,21,23)(H,22,24). The third-order valence-corrected chi connectivity index (χ3v) is 4.35. The highest BCUT2D eigenvalue weighted by molar-refractivity contribution is 5.77. The number of amides is 2. The molecule has 0 aromatic rings. The van der Waals surface area contributed by atoms with E-state index in [2.05, 4.69) is 38.3 Å². The summed E-state index contributed by atoms with van der Waals surface area (Å²) in [6.45, 7) is 8.51. The van der Waals surface area contributed by atoms with Crippen molar-refractivity contribution in [1.82, 2.24) is 10.6 Å². The summed E-state index contributed by atoms with van der Waals surface area (Å²) in [7, 11) is 0. The number of hydrogen-bond donors (Lipinski definition) is 2. The van der Waals surface area contributed by atoms with Gasteiger partial charge in [0, 0.05) is 24.9 Å². The summed E-state index contributed by atoms with van der Waals surface area (Å²) in [6, 6.07) is 0.521. The van der Waals surface area contributed by atoms with Gasteiger partial charge < -0.3 is 10.6 Å². The molecule has 0 aliphatic heterocycles. The molecule has 0 aromatic carbocycles. The van der Waals surface area contributed by atoms with Crippen molar-refractivity contribution in [3.63, 3.8) is 0 Å². The Hall–Kier alpha value is -1.06. The Morgan fingerprint density at radius 1 is 0.667 bits per heavy atom. The molecule has 0 aliphatic rings. The van der Waals surface area contributed by atoms with Crippen LogP contribution in [0.15, 0.2) is 0 Å². The van der Waals surface area contributed by atoms with Crippen LogP contribution in [0.3, 0.4) is 0 Å². The van der Waals surface area contributed by atoms with Crippen LogP contribution in [0.1, 0.15) is 105 Å². The second kappa shape index (κ2) is 15.5. The zero-order valence-electron chi connectivity index (χ0n) is 16.5. The fourth-order valence-electron chi connectivity index (χ4n) is 2.81. The second-order valence-corrected chi connectivity index (χ2v) is 7.14. The van der Waals surface area contributed by atoms with Crippen LogP contribution in [0, 0.1) is 0 Å². The molecule has 2 amide bonds. The van der Waals surface area contributed by atoms with E-state index in [9.17, 15) is 9.59 Å². The Morgan fingerprint density at radius 3 is 1.38 bits per heavy atom. The Morgan fingerprint density at radius 2 is 1.04 bits per heavy atom. The van der Waals surface area contributed by atoms with E-state index in [1.165, 1.54) is 38.5 Å². The van der Waals surface area contributed by atoms with Crippen LogP contribution in [-0.4, -0.2) is 23.9 Å². The van der Waals surface area contributed by atoms with Crippen LogP contribution < -0.4 is 10.6 Å². The fraction of sp³-hybridized carbons (Fsp3) is 0.900. The number of carbonyl (C=O) groups excluding carboxylic acids is 2. The van der Waals surface area contributed by atoms with Crippen molar-refractivity contribution < 1.29 is 9.59 Å². The van der Waals surface area contributed by atoms with Gasteiger partial charge in [0.2, 0.25) is 11.8 Å². The van der Waals surface area contributed by atoms with Gasteiger partial charge >= 0.3 is 0 Å². The molecule has 24 heavy (non-hydrogen) atoms. The van der Waals surface area contributed by atoms with Crippen LogP contribution in [0.2, 0.25) is 0 Å². The first-order valence-corrected chi connectivity index (χ1v) is 10.1. The number of rotatable bonds is 15. The summed E-state index contributed by atoms with van der Waals surface area (Å²) in [5.41, 5.74) is 0. The molecular weight excluding hydrogens is 300 g/mol. The maximum absolute atomic E-state index is 11.8. The van der Waals surface area contributed by atoms with Crippen LogP contribution in [0.5, 0.6) is 0 Å². The lowest BCUT2D eigenvalue weighted by molar-refractivity contribution is -0.123. The molecule has 0 fully saturated rings. The van der Waals surface area contributed by atoms with Crippen molar-refractivity contribution in [2.75, 3.05) is 0 Å². The molecule has 0 rings (SSSR count). The highest BCUT2D eigenvalue weighted by Crippen LogP contribution is 2.06.